The maximum Gasteiger partial charge on any atom is 0.251 e. The molecule has 3 heterocycles. The molecule has 434 valence electrons. The molecule has 4 aromatic rings. The molecule has 3 saturated heterocycles. The molecule has 0 spiro atoms. The minimum atomic E-state index is -1.95. The first-order valence-corrected chi connectivity index (χ1v) is 27.1. The van der Waals surface area contributed by atoms with Crippen molar-refractivity contribution in [3.63, 3.8) is 0 Å². The second-order valence-electron chi connectivity index (χ2n) is 21.0. The molecule has 7 rings (SSSR count). The number of carbonyl (C=O) groups excluding carboxylic acids is 8. The molecule has 2 unspecified atom stereocenters. The van der Waals surface area contributed by atoms with E-state index in [9.17, 15) is 69.0 Å². The SMILES string of the molecule is CCCCCOc1ccc(-c2ccc(-c3ccc(C(=O)NC[C@@H]4NC(=O)CNC(=O)[C@@H]5[C@@H](O)[C@@H](C)CN5C(=O)[C@H](C(C)O)NC(=O)[C@H]([C@H](O)Cc5ccc(O)cc5)NC(=O)[C@@H]5C[C@@H](O)CN5C(=O)[C@H](C(C)O)NC4=O)cc3)cc2)cc1. The fourth-order valence-corrected chi connectivity index (χ4v) is 10.0. The molecule has 0 bridgehead atoms. The second-order valence-corrected chi connectivity index (χ2v) is 21.0. The highest BCUT2D eigenvalue weighted by Gasteiger charge is 2.49. The van der Waals surface area contributed by atoms with E-state index >= 15 is 0 Å². The van der Waals surface area contributed by atoms with Gasteiger partial charge in [-0.25, -0.2) is 0 Å². The number of rotatable bonds is 15. The molecule has 12 N–H and O–H groups in total. The minimum Gasteiger partial charge on any atom is -0.508 e. The number of unbranched alkanes of at least 4 members (excludes halogenated alkanes) is 2. The van der Waals surface area contributed by atoms with E-state index in [0.29, 0.717) is 12.2 Å². The molecule has 3 fully saturated rings. The second kappa shape index (κ2) is 27.5. The van der Waals surface area contributed by atoms with Crippen molar-refractivity contribution >= 4 is 47.3 Å². The van der Waals surface area contributed by atoms with Crippen LogP contribution in [0.25, 0.3) is 22.3 Å². The number of aliphatic hydroxyl groups is 5. The summed E-state index contributed by atoms with van der Waals surface area (Å²) in [5, 5.41) is 80.0. The van der Waals surface area contributed by atoms with Crippen molar-refractivity contribution in [2.75, 3.05) is 32.8 Å². The monoisotopic (exact) mass is 1120 g/mol. The third kappa shape index (κ3) is 15.3. The molecule has 0 saturated carbocycles. The van der Waals surface area contributed by atoms with Crippen LogP contribution in [0.5, 0.6) is 11.5 Å². The largest absolute Gasteiger partial charge is 0.508 e. The molecule has 0 aliphatic carbocycles. The summed E-state index contributed by atoms with van der Waals surface area (Å²) in [5.74, 6) is -8.39. The number of nitrogens with one attached hydrogen (secondary N) is 6. The molecule has 12 atom stereocenters. The average molecular weight is 1120 g/mol. The van der Waals surface area contributed by atoms with Gasteiger partial charge in [0.05, 0.1) is 43.7 Å². The van der Waals surface area contributed by atoms with E-state index < -0.39 is 146 Å². The summed E-state index contributed by atoms with van der Waals surface area (Å²) in [6, 6.07) is 17.1. The molecular formula is C58H72N8O15. The zero-order valence-electron chi connectivity index (χ0n) is 45.5. The zero-order valence-corrected chi connectivity index (χ0v) is 45.5. The van der Waals surface area contributed by atoms with Crippen molar-refractivity contribution in [2.24, 2.45) is 5.92 Å². The first-order chi connectivity index (χ1) is 38.6. The van der Waals surface area contributed by atoms with Crippen LogP contribution in [-0.4, -0.2) is 187 Å². The van der Waals surface area contributed by atoms with Crippen molar-refractivity contribution < 1.29 is 73.7 Å². The van der Waals surface area contributed by atoms with Crippen molar-refractivity contribution in [2.45, 2.75) is 127 Å². The predicted molar refractivity (Wildman–Crippen MR) is 293 cm³/mol. The summed E-state index contributed by atoms with van der Waals surface area (Å²) < 4.78 is 5.84. The van der Waals surface area contributed by atoms with Crippen molar-refractivity contribution in [3.05, 3.63) is 108 Å². The van der Waals surface area contributed by atoms with Crippen LogP contribution in [0, 0.1) is 5.92 Å². The first-order valence-electron chi connectivity index (χ1n) is 27.1. The van der Waals surface area contributed by atoms with Crippen LogP contribution in [0.3, 0.4) is 0 Å². The number of phenols is 1. The maximum atomic E-state index is 14.4. The average Bonchev–Trinajstić information content (AvgIpc) is 4.27. The molecule has 81 heavy (non-hydrogen) atoms. The molecule has 3 aliphatic heterocycles. The van der Waals surface area contributed by atoms with E-state index in [0.717, 1.165) is 70.9 Å². The van der Waals surface area contributed by atoms with Gasteiger partial charge in [-0.15, -0.1) is 0 Å². The van der Waals surface area contributed by atoms with Gasteiger partial charge in [0, 0.05) is 44.0 Å². The number of hydrogen-bond acceptors (Lipinski definition) is 15. The van der Waals surface area contributed by atoms with Gasteiger partial charge >= 0.3 is 0 Å². The lowest BCUT2D eigenvalue weighted by Crippen LogP contribution is -2.64. The van der Waals surface area contributed by atoms with Crippen molar-refractivity contribution in [3.8, 4) is 33.8 Å². The summed E-state index contributed by atoms with van der Waals surface area (Å²) in [4.78, 5) is 115. The lowest BCUT2D eigenvalue weighted by Gasteiger charge is -2.33. The third-order valence-corrected chi connectivity index (χ3v) is 14.7. The Morgan fingerprint density at radius 2 is 1.21 bits per heavy atom. The molecule has 23 heteroatoms. The molecule has 3 aliphatic rings. The van der Waals surface area contributed by atoms with Gasteiger partial charge in [-0.1, -0.05) is 87.4 Å². The number of hydrogen-bond donors (Lipinski definition) is 12. The lowest BCUT2D eigenvalue weighted by molar-refractivity contribution is -0.147. The Balaban J connectivity index is 1.12. The van der Waals surface area contributed by atoms with Gasteiger partial charge < -0.3 is 77.1 Å². The molecular weight excluding hydrogens is 1050 g/mol. The van der Waals surface area contributed by atoms with Crippen LogP contribution < -0.4 is 36.6 Å². The van der Waals surface area contributed by atoms with E-state index in [2.05, 4.69) is 38.8 Å². The zero-order chi connectivity index (χ0) is 58.7. The number of aromatic hydroxyl groups is 1. The van der Waals surface area contributed by atoms with Gasteiger partial charge in [-0.05, 0) is 84.5 Å². The fraction of sp³-hybridized carbons (Fsp3) is 0.448. The van der Waals surface area contributed by atoms with Crippen molar-refractivity contribution in [1.82, 2.24) is 41.7 Å². The normalized spacial score (nSPS) is 25.4. The summed E-state index contributed by atoms with van der Waals surface area (Å²) in [7, 11) is 0. The number of amides is 8. The number of benzene rings is 4. The van der Waals surface area contributed by atoms with Gasteiger partial charge in [0.15, 0.2) is 0 Å². The van der Waals surface area contributed by atoms with E-state index in [1.165, 1.54) is 31.2 Å². The Kier molecular flexibility index (Phi) is 20.6. The Morgan fingerprint density at radius 3 is 1.79 bits per heavy atom. The number of carbonyl (C=O) groups is 8. The Hall–Kier alpha value is -7.96. The van der Waals surface area contributed by atoms with Crippen LogP contribution in [-0.2, 0) is 40.0 Å². The van der Waals surface area contributed by atoms with E-state index in [1.807, 2.05) is 48.5 Å². The summed E-state index contributed by atoms with van der Waals surface area (Å²) in [5.41, 5.74) is 4.18. The van der Waals surface area contributed by atoms with Crippen LogP contribution in [0.2, 0.25) is 0 Å². The smallest absolute Gasteiger partial charge is 0.251 e. The number of fused-ring (bicyclic) bond motifs is 2. The number of aliphatic hydroxyl groups excluding tert-OH is 5. The number of nitrogens with zero attached hydrogens (tertiary/aromatic N) is 2. The van der Waals surface area contributed by atoms with E-state index in [1.54, 1.807) is 24.3 Å². The summed E-state index contributed by atoms with van der Waals surface area (Å²) in [6.07, 6.45) is -5.60. The third-order valence-electron chi connectivity index (χ3n) is 14.7. The van der Waals surface area contributed by atoms with Gasteiger partial charge in [-0.2, -0.15) is 0 Å². The standard InChI is InChI=1S/C58H72N8O15/c1-5-6-7-24-81-42-22-18-38(19-23-42)36-12-10-35(11-13-36)37-14-16-39(17-15-37)52(74)59-27-43-53(75)62-47(32(3)67)57(79)65-30-41(70)26-44(65)54(76)64-49(45(71)25-34-8-20-40(69)21-9-34)55(77)63-48(33(4)68)58(80)66-29-31(2)51(73)50(66)56(78)60-28-46(72)61-43/h8-23,31-33,41,43-45,47-51,67-71,73H,5-7,24-30H2,1-4H3,(H,59,74)(H,60,78)(H,61,72)(H,62,75)(H,63,77)(H,64,76)/t31-,32?,33?,41+,43-,44-,45+,47-,48-,49-,50-,51-/m0/s1. The van der Waals surface area contributed by atoms with Gasteiger partial charge in [0.25, 0.3) is 5.91 Å². The fourth-order valence-electron chi connectivity index (χ4n) is 10.0. The molecule has 0 radical (unpaired) electrons. The highest BCUT2D eigenvalue weighted by atomic mass is 16.5. The molecule has 0 aromatic heterocycles. The van der Waals surface area contributed by atoms with Gasteiger partial charge in [0.1, 0.15) is 47.8 Å². The van der Waals surface area contributed by atoms with Crippen molar-refractivity contribution in [1.29, 1.82) is 0 Å². The van der Waals surface area contributed by atoms with Crippen LogP contribution in [0.1, 0.15) is 69.3 Å². The van der Waals surface area contributed by atoms with Crippen LogP contribution in [0.4, 0.5) is 0 Å². The van der Waals surface area contributed by atoms with E-state index in [-0.39, 0.29) is 24.3 Å². The number of ether oxygens (including phenoxy) is 1. The Morgan fingerprint density at radius 1 is 0.667 bits per heavy atom. The topological polar surface area (TPSA) is 346 Å². The Labute approximate surface area is 468 Å². The van der Waals surface area contributed by atoms with E-state index in [4.69, 9.17) is 4.74 Å². The predicted octanol–water partition coefficient (Wildman–Crippen LogP) is -0.371. The van der Waals surface area contributed by atoms with Gasteiger partial charge in [0.2, 0.25) is 41.4 Å². The maximum absolute atomic E-state index is 14.4. The molecule has 23 nitrogen and oxygen atoms in total. The van der Waals surface area contributed by atoms with Crippen LogP contribution >= 0.6 is 0 Å². The minimum absolute atomic E-state index is 0.108. The molecule has 4 aromatic carbocycles. The quantitative estimate of drug-likeness (QED) is 0.0676. The lowest BCUT2D eigenvalue weighted by atomic mass is 9.99. The summed E-state index contributed by atoms with van der Waals surface area (Å²) in [6.45, 7) is 4.37. The van der Waals surface area contributed by atoms with Gasteiger partial charge in [-0.3, -0.25) is 38.4 Å². The highest BCUT2D eigenvalue weighted by molar-refractivity contribution is 6.00. The first kappa shape index (κ1) is 60.7. The number of phenolic OH excluding ortho intramolecular Hbond substituents is 1. The summed E-state index contributed by atoms with van der Waals surface area (Å²) >= 11 is 0. The molecule has 8 amide bonds. The Bertz CT molecular complexity index is 2870. The highest BCUT2D eigenvalue weighted by Crippen LogP contribution is 2.29. The van der Waals surface area contributed by atoms with Crippen LogP contribution in [0.15, 0.2) is 97.1 Å².